The highest BCUT2D eigenvalue weighted by Crippen LogP contribution is 2.31. The fourth-order valence-electron chi connectivity index (χ4n) is 1.81. The molecule has 3 nitrogen and oxygen atoms in total. The zero-order valence-electron chi connectivity index (χ0n) is 11.1. The highest BCUT2D eigenvalue weighted by Gasteiger charge is 2.11. The lowest BCUT2D eigenvalue weighted by molar-refractivity contribution is 0.111. The maximum atomic E-state index is 13.5. The van der Waals surface area contributed by atoms with Crippen molar-refractivity contribution in [1.29, 1.82) is 0 Å². The standard InChI is InChI=1S/C16H15FO3/c1-2-19-15-9-5-7-12(10-18)16(15)20-11-13-6-3-4-8-14(13)17/h3-10H,2,11H2,1H3. The van der Waals surface area contributed by atoms with Crippen molar-refractivity contribution in [3.05, 3.63) is 59.4 Å². The third-order valence-corrected chi connectivity index (χ3v) is 2.77. The topological polar surface area (TPSA) is 35.5 Å². The van der Waals surface area contributed by atoms with Gasteiger partial charge in [0.25, 0.3) is 0 Å². The van der Waals surface area contributed by atoms with E-state index in [9.17, 15) is 9.18 Å². The summed E-state index contributed by atoms with van der Waals surface area (Å²) in [5.74, 6) is 0.482. The van der Waals surface area contributed by atoms with E-state index >= 15 is 0 Å². The maximum absolute atomic E-state index is 13.5. The Hall–Kier alpha value is -2.36. The van der Waals surface area contributed by atoms with E-state index in [0.717, 1.165) is 0 Å². The first-order valence-corrected chi connectivity index (χ1v) is 6.33. The van der Waals surface area contributed by atoms with Crippen LogP contribution in [0.15, 0.2) is 42.5 Å². The van der Waals surface area contributed by atoms with Crippen LogP contribution in [0.1, 0.15) is 22.8 Å². The molecule has 4 heteroatoms. The normalized spacial score (nSPS) is 10.1. The van der Waals surface area contributed by atoms with Gasteiger partial charge in [-0.3, -0.25) is 4.79 Å². The second-order valence-corrected chi connectivity index (χ2v) is 4.11. The van der Waals surface area contributed by atoms with Crippen LogP contribution in [0.4, 0.5) is 4.39 Å². The average molecular weight is 274 g/mol. The van der Waals surface area contributed by atoms with Crippen LogP contribution in [-0.2, 0) is 6.61 Å². The zero-order valence-corrected chi connectivity index (χ0v) is 11.1. The summed E-state index contributed by atoms with van der Waals surface area (Å²) in [5, 5.41) is 0. The first kappa shape index (κ1) is 14.1. The van der Waals surface area contributed by atoms with E-state index in [1.54, 1.807) is 36.4 Å². The first-order valence-electron chi connectivity index (χ1n) is 6.33. The van der Waals surface area contributed by atoms with Crippen molar-refractivity contribution in [3.8, 4) is 11.5 Å². The lowest BCUT2D eigenvalue weighted by Crippen LogP contribution is -2.03. The van der Waals surface area contributed by atoms with Gasteiger partial charge in [0.2, 0.25) is 0 Å². The van der Waals surface area contributed by atoms with Crippen LogP contribution in [-0.4, -0.2) is 12.9 Å². The van der Waals surface area contributed by atoms with Gasteiger partial charge >= 0.3 is 0 Å². The molecular weight excluding hydrogens is 259 g/mol. The van der Waals surface area contributed by atoms with Crippen molar-refractivity contribution >= 4 is 6.29 Å². The fourth-order valence-corrected chi connectivity index (χ4v) is 1.81. The van der Waals surface area contributed by atoms with E-state index in [2.05, 4.69) is 0 Å². The Balaban J connectivity index is 2.24. The Bertz CT molecular complexity index is 596. The molecule has 0 saturated heterocycles. The van der Waals surface area contributed by atoms with Crippen LogP contribution in [0.5, 0.6) is 11.5 Å². The minimum Gasteiger partial charge on any atom is -0.490 e. The minimum absolute atomic E-state index is 0.0393. The van der Waals surface area contributed by atoms with E-state index < -0.39 is 0 Å². The summed E-state index contributed by atoms with van der Waals surface area (Å²) in [4.78, 5) is 11.1. The van der Waals surface area contributed by atoms with E-state index in [-0.39, 0.29) is 12.4 Å². The Morgan fingerprint density at radius 3 is 2.60 bits per heavy atom. The number of carbonyl (C=O) groups is 1. The molecule has 0 unspecified atom stereocenters. The molecule has 2 rings (SSSR count). The van der Waals surface area contributed by atoms with E-state index in [1.165, 1.54) is 6.07 Å². The number of hydrogen-bond donors (Lipinski definition) is 0. The van der Waals surface area contributed by atoms with Crippen LogP contribution in [0.2, 0.25) is 0 Å². The van der Waals surface area contributed by atoms with Crippen molar-refractivity contribution in [3.63, 3.8) is 0 Å². The molecule has 0 N–H and O–H groups in total. The van der Waals surface area contributed by atoms with Crippen LogP contribution >= 0.6 is 0 Å². The third-order valence-electron chi connectivity index (χ3n) is 2.77. The Labute approximate surface area is 117 Å². The van der Waals surface area contributed by atoms with Crippen molar-refractivity contribution in [2.24, 2.45) is 0 Å². The Kier molecular flexibility index (Phi) is 4.71. The van der Waals surface area contributed by atoms with Gasteiger partial charge in [-0.2, -0.15) is 0 Å². The van der Waals surface area contributed by atoms with E-state index in [1.807, 2.05) is 6.92 Å². The molecule has 0 heterocycles. The first-order chi connectivity index (χ1) is 9.76. The summed E-state index contributed by atoms with van der Waals surface area (Å²) >= 11 is 0. The van der Waals surface area contributed by atoms with Gasteiger partial charge in [-0.1, -0.05) is 24.3 Å². The molecular formula is C16H15FO3. The molecule has 0 aliphatic rings. The van der Waals surface area contributed by atoms with Crippen molar-refractivity contribution in [2.45, 2.75) is 13.5 Å². The largest absolute Gasteiger partial charge is 0.490 e. The maximum Gasteiger partial charge on any atom is 0.172 e. The number of para-hydroxylation sites is 1. The van der Waals surface area contributed by atoms with Gasteiger partial charge in [0.1, 0.15) is 12.4 Å². The highest BCUT2D eigenvalue weighted by molar-refractivity contribution is 5.81. The molecule has 20 heavy (non-hydrogen) atoms. The van der Waals surface area contributed by atoms with Crippen LogP contribution in [0.25, 0.3) is 0 Å². The molecule has 0 aliphatic carbocycles. The number of halogens is 1. The molecule has 0 aromatic heterocycles. The lowest BCUT2D eigenvalue weighted by Gasteiger charge is -2.13. The van der Waals surface area contributed by atoms with Gasteiger partial charge in [-0.15, -0.1) is 0 Å². The van der Waals surface area contributed by atoms with Crippen molar-refractivity contribution in [1.82, 2.24) is 0 Å². The molecule has 0 amide bonds. The molecule has 2 aromatic carbocycles. The molecule has 2 aromatic rings. The Morgan fingerprint density at radius 1 is 1.10 bits per heavy atom. The number of benzene rings is 2. The van der Waals surface area contributed by atoms with E-state index in [4.69, 9.17) is 9.47 Å². The number of rotatable bonds is 6. The predicted octanol–water partition coefficient (Wildman–Crippen LogP) is 3.62. The second kappa shape index (κ2) is 6.70. The molecule has 0 radical (unpaired) electrons. The van der Waals surface area contributed by atoms with Crippen LogP contribution in [0, 0.1) is 5.82 Å². The van der Waals surface area contributed by atoms with Gasteiger partial charge in [0.15, 0.2) is 17.8 Å². The summed E-state index contributed by atoms with van der Waals surface area (Å²) in [5.41, 5.74) is 0.808. The van der Waals surface area contributed by atoms with Gasteiger partial charge < -0.3 is 9.47 Å². The monoisotopic (exact) mass is 274 g/mol. The van der Waals surface area contributed by atoms with E-state index in [0.29, 0.717) is 35.5 Å². The zero-order chi connectivity index (χ0) is 14.4. The number of ether oxygens (including phenoxy) is 2. The summed E-state index contributed by atoms with van der Waals surface area (Å²) in [6.07, 6.45) is 0.694. The third kappa shape index (κ3) is 3.15. The van der Waals surface area contributed by atoms with Crippen LogP contribution in [0.3, 0.4) is 0 Å². The van der Waals surface area contributed by atoms with Gasteiger partial charge in [-0.25, -0.2) is 4.39 Å². The average Bonchev–Trinajstić information content (AvgIpc) is 2.47. The van der Waals surface area contributed by atoms with Crippen LogP contribution < -0.4 is 9.47 Å². The second-order valence-electron chi connectivity index (χ2n) is 4.11. The molecule has 0 fully saturated rings. The summed E-state index contributed by atoms with van der Waals surface area (Å²) < 4.78 is 24.5. The quantitative estimate of drug-likeness (QED) is 0.755. The minimum atomic E-state index is -0.339. The molecule has 0 spiro atoms. The number of aldehydes is 1. The van der Waals surface area contributed by atoms with Crippen molar-refractivity contribution < 1.29 is 18.7 Å². The summed E-state index contributed by atoms with van der Waals surface area (Å²) in [6.45, 7) is 2.34. The molecule has 0 atom stereocenters. The summed E-state index contributed by atoms with van der Waals surface area (Å²) in [7, 11) is 0. The van der Waals surface area contributed by atoms with Gasteiger partial charge in [0, 0.05) is 5.56 Å². The predicted molar refractivity (Wildman–Crippen MR) is 73.7 cm³/mol. The van der Waals surface area contributed by atoms with Crippen molar-refractivity contribution in [2.75, 3.05) is 6.61 Å². The van der Waals surface area contributed by atoms with Gasteiger partial charge in [-0.05, 0) is 25.1 Å². The van der Waals surface area contributed by atoms with Gasteiger partial charge in [0.05, 0.1) is 12.2 Å². The molecule has 0 saturated carbocycles. The molecule has 0 aliphatic heterocycles. The molecule has 104 valence electrons. The smallest absolute Gasteiger partial charge is 0.172 e. The number of carbonyl (C=O) groups excluding carboxylic acids is 1. The SMILES string of the molecule is CCOc1cccc(C=O)c1OCc1ccccc1F. The highest BCUT2D eigenvalue weighted by atomic mass is 19.1. The molecule has 0 bridgehead atoms. The number of hydrogen-bond acceptors (Lipinski definition) is 3. The Morgan fingerprint density at radius 2 is 1.90 bits per heavy atom. The summed E-state index contributed by atoms with van der Waals surface area (Å²) in [6, 6.07) is 11.4. The lowest BCUT2D eigenvalue weighted by atomic mass is 10.2. The fraction of sp³-hybridized carbons (Fsp3) is 0.188.